The molecule has 28 heavy (non-hydrogen) atoms. The Morgan fingerprint density at radius 1 is 1.32 bits per heavy atom. The van der Waals surface area contributed by atoms with Crippen LogP contribution in [0.3, 0.4) is 0 Å². The fraction of sp³-hybridized carbons (Fsp3) is 0.200. The van der Waals surface area contributed by atoms with Crippen LogP contribution in [-0.4, -0.2) is 15.9 Å². The van der Waals surface area contributed by atoms with E-state index in [4.69, 9.17) is 16.9 Å². The predicted octanol–water partition coefficient (Wildman–Crippen LogP) is 4.21. The number of nitrogens with one attached hydrogen (secondary N) is 2. The standard InChI is InChI=1S/C20H17ClN4O2S/c1-11-15(12(2)23-19(27)16(11)9-22)7-8-18(26)25-20-24-17(10-28-20)13-3-5-14(21)6-4-13/h3-6,10H,7-8H2,1-2H3,(H,23,27)(H,24,25,26). The Morgan fingerprint density at radius 3 is 2.71 bits per heavy atom. The average Bonchev–Trinajstić information content (AvgIpc) is 3.10. The molecule has 0 unspecified atom stereocenters. The second-order valence-corrected chi connectivity index (χ2v) is 7.56. The fourth-order valence-electron chi connectivity index (χ4n) is 2.92. The lowest BCUT2D eigenvalue weighted by Gasteiger charge is -2.10. The molecule has 1 amide bonds. The van der Waals surface area contributed by atoms with Crippen molar-refractivity contribution in [1.82, 2.24) is 9.97 Å². The average molecular weight is 413 g/mol. The number of nitrogens with zero attached hydrogens (tertiary/aromatic N) is 2. The first-order valence-electron chi connectivity index (χ1n) is 8.53. The summed E-state index contributed by atoms with van der Waals surface area (Å²) < 4.78 is 0. The summed E-state index contributed by atoms with van der Waals surface area (Å²) >= 11 is 7.24. The number of hydrogen-bond donors (Lipinski definition) is 2. The van der Waals surface area contributed by atoms with Gasteiger partial charge in [-0.2, -0.15) is 5.26 Å². The molecular formula is C20H17ClN4O2S. The van der Waals surface area contributed by atoms with Crippen molar-refractivity contribution in [3.05, 3.63) is 67.4 Å². The number of anilines is 1. The van der Waals surface area contributed by atoms with Gasteiger partial charge >= 0.3 is 0 Å². The summed E-state index contributed by atoms with van der Waals surface area (Å²) in [6, 6.07) is 9.25. The summed E-state index contributed by atoms with van der Waals surface area (Å²) in [5.41, 5.74) is 3.49. The van der Waals surface area contributed by atoms with E-state index in [1.54, 1.807) is 26.0 Å². The third-order valence-electron chi connectivity index (χ3n) is 4.41. The minimum Gasteiger partial charge on any atom is -0.325 e. The summed E-state index contributed by atoms with van der Waals surface area (Å²) in [5, 5.41) is 15.0. The summed E-state index contributed by atoms with van der Waals surface area (Å²) in [5.74, 6) is -0.180. The SMILES string of the molecule is Cc1[nH]c(=O)c(C#N)c(C)c1CCC(=O)Nc1nc(-c2ccc(Cl)cc2)cs1. The first-order valence-corrected chi connectivity index (χ1v) is 9.78. The Bertz CT molecular complexity index is 1130. The zero-order chi connectivity index (χ0) is 20.3. The van der Waals surface area contributed by atoms with E-state index in [1.807, 2.05) is 23.6 Å². The number of amides is 1. The van der Waals surface area contributed by atoms with Gasteiger partial charge in [0.25, 0.3) is 5.56 Å². The molecule has 2 aromatic heterocycles. The zero-order valence-electron chi connectivity index (χ0n) is 15.3. The van der Waals surface area contributed by atoms with Crippen molar-refractivity contribution in [2.75, 3.05) is 5.32 Å². The molecule has 0 spiro atoms. The highest BCUT2D eigenvalue weighted by molar-refractivity contribution is 7.14. The van der Waals surface area contributed by atoms with Crippen molar-refractivity contribution in [2.24, 2.45) is 0 Å². The molecule has 2 N–H and O–H groups in total. The van der Waals surface area contributed by atoms with Crippen LogP contribution < -0.4 is 10.9 Å². The smallest absolute Gasteiger partial charge is 0.266 e. The number of hydrogen-bond acceptors (Lipinski definition) is 5. The van der Waals surface area contributed by atoms with Crippen LogP contribution in [0, 0.1) is 25.2 Å². The number of aromatic nitrogens is 2. The number of rotatable bonds is 5. The summed E-state index contributed by atoms with van der Waals surface area (Å²) in [4.78, 5) is 31.2. The minimum absolute atomic E-state index is 0.0912. The molecule has 0 bridgehead atoms. The molecule has 2 heterocycles. The summed E-state index contributed by atoms with van der Waals surface area (Å²) in [6.45, 7) is 3.50. The van der Waals surface area contributed by atoms with Gasteiger partial charge in [0.05, 0.1) is 5.69 Å². The first kappa shape index (κ1) is 19.8. The molecular weight excluding hydrogens is 396 g/mol. The van der Waals surface area contributed by atoms with E-state index in [1.165, 1.54) is 11.3 Å². The first-order chi connectivity index (χ1) is 13.4. The van der Waals surface area contributed by atoms with Crippen LogP contribution in [-0.2, 0) is 11.2 Å². The zero-order valence-corrected chi connectivity index (χ0v) is 16.9. The maximum Gasteiger partial charge on any atom is 0.266 e. The second-order valence-electron chi connectivity index (χ2n) is 6.26. The molecule has 0 saturated heterocycles. The number of carbonyl (C=O) groups excluding carboxylic acids is 1. The highest BCUT2D eigenvalue weighted by atomic mass is 35.5. The minimum atomic E-state index is -0.400. The van der Waals surface area contributed by atoms with Crippen LogP contribution >= 0.6 is 22.9 Å². The second kappa shape index (κ2) is 8.38. The quantitative estimate of drug-likeness (QED) is 0.655. The van der Waals surface area contributed by atoms with E-state index in [2.05, 4.69) is 15.3 Å². The number of aryl methyl sites for hydroxylation is 1. The number of nitriles is 1. The van der Waals surface area contributed by atoms with Crippen molar-refractivity contribution in [3.8, 4) is 17.3 Å². The van der Waals surface area contributed by atoms with Crippen LogP contribution in [0.2, 0.25) is 5.02 Å². The van der Waals surface area contributed by atoms with Crippen LogP contribution in [0.1, 0.15) is 28.8 Å². The van der Waals surface area contributed by atoms with Crippen molar-refractivity contribution < 1.29 is 4.79 Å². The number of aromatic amines is 1. The number of benzene rings is 1. The van der Waals surface area contributed by atoms with Crippen LogP contribution in [0.4, 0.5) is 5.13 Å². The predicted molar refractivity (Wildman–Crippen MR) is 111 cm³/mol. The highest BCUT2D eigenvalue weighted by Crippen LogP contribution is 2.26. The van der Waals surface area contributed by atoms with Crippen molar-refractivity contribution in [3.63, 3.8) is 0 Å². The Hall–Kier alpha value is -2.95. The van der Waals surface area contributed by atoms with Crippen molar-refractivity contribution in [1.29, 1.82) is 5.26 Å². The molecule has 3 aromatic rings. The fourth-order valence-corrected chi connectivity index (χ4v) is 3.79. The molecule has 0 aliphatic rings. The maximum absolute atomic E-state index is 12.3. The van der Waals surface area contributed by atoms with E-state index < -0.39 is 5.56 Å². The molecule has 1 aromatic carbocycles. The molecule has 0 aliphatic heterocycles. The lowest BCUT2D eigenvalue weighted by molar-refractivity contribution is -0.116. The van der Waals surface area contributed by atoms with Crippen LogP contribution in [0.15, 0.2) is 34.4 Å². The number of halogens is 1. The molecule has 3 rings (SSSR count). The van der Waals surface area contributed by atoms with Gasteiger partial charge in [0.15, 0.2) is 5.13 Å². The number of thiazole rings is 1. The van der Waals surface area contributed by atoms with Gasteiger partial charge in [-0.1, -0.05) is 23.7 Å². The van der Waals surface area contributed by atoms with Gasteiger partial charge in [-0.25, -0.2) is 4.98 Å². The number of pyridine rings is 1. The van der Waals surface area contributed by atoms with Gasteiger partial charge in [0, 0.05) is 28.1 Å². The van der Waals surface area contributed by atoms with Gasteiger partial charge in [-0.05, 0) is 43.5 Å². The topological polar surface area (TPSA) is 98.6 Å². The van der Waals surface area contributed by atoms with E-state index in [0.29, 0.717) is 27.8 Å². The monoisotopic (exact) mass is 412 g/mol. The van der Waals surface area contributed by atoms with Crippen LogP contribution in [0.5, 0.6) is 0 Å². The van der Waals surface area contributed by atoms with Crippen LogP contribution in [0.25, 0.3) is 11.3 Å². The largest absolute Gasteiger partial charge is 0.325 e. The van der Waals surface area contributed by atoms with E-state index in [9.17, 15) is 9.59 Å². The Balaban J connectivity index is 1.67. The summed E-state index contributed by atoms with van der Waals surface area (Å²) in [7, 11) is 0. The molecule has 0 saturated carbocycles. The van der Waals surface area contributed by atoms with E-state index in [-0.39, 0.29) is 17.9 Å². The normalized spacial score (nSPS) is 10.5. The maximum atomic E-state index is 12.3. The Kier molecular flexibility index (Phi) is 5.93. The third-order valence-corrected chi connectivity index (χ3v) is 5.42. The molecule has 0 fully saturated rings. The molecule has 0 atom stereocenters. The van der Waals surface area contributed by atoms with Gasteiger partial charge < -0.3 is 10.3 Å². The van der Waals surface area contributed by atoms with E-state index >= 15 is 0 Å². The summed E-state index contributed by atoms with van der Waals surface area (Å²) in [6.07, 6.45) is 0.638. The van der Waals surface area contributed by atoms with Gasteiger partial charge in [-0.15, -0.1) is 11.3 Å². The third kappa shape index (κ3) is 4.30. The number of carbonyl (C=O) groups is 1. The van der Waals surface area contributed by atoms with E-state index in [0.717, 1.165) is 16.8 Å². The Labute approximate surface area is 170 Å². The molecule has 0 radical (unpaired) electrons. The van der Waals surface area contributed by atoms with Gasteiger partial charge in [0.2, 0.25) is 5.91 Å². The molecule has 8 heteroatoms. The van der Waals surface area contributed by atoms with Crippen molar-refractivity contribution >= 4 is 34.0 Å². The lowest BCUT2D eigenvalue weighted by Crippen LogP contribution is -2.18. The van der Waals surface area contributed by atoms with Gasteiger partial charge in [-0.3, -0.25) is 9.59 Å². The lowest BCUT2D eigenvalue weighted by atomic mass is 9.99. The van der Waals surface area contributed by atoms with Gasteiger partial charge in [0.1, 0.15) is 11.6 Å². The van der Waals surface area contributed by atoms with Crippen molar-refractivity contribution in [2.45, 2.75) is 26.7 Å². The Morgan fingerprint density at radius 2 is 2.04 bits per heavy atom. The highest BCUT2D eigenvalue weighted by Gasteiger charge is 2.14. The number of H-pyrrole nitrogens is 1. The molecule has 0 aliphatic carbocycles. The molecule has 6 nitrogen and oxygen atoms in total. The molecule has 142 valence electrons.